The molecule has 21 heavy (non-hydrogen) atoms. The zero-order valence-corrected chi connectivity index (χ0v) is 13.4. The van der Waals surface area contributed by atoms with Crippen molar-refractivity contribution in [2.45, 2.75) is 13.0 Å². The SMILES string of the molecule is COc1cc2[nH]c(=S)n(CCc3nccs3)c2cc1OC. The quantitative estimate of drug-likeness (QED) is 0.732. The van der Waals surface area contributed by atoms with Gasteiger partial charge in [-0.05, 0) is 12.2 Å². The van der Waals surface area contributed by atoms with Crippen LogP contribution >= 0.6 is 23.6 Å². The summed E-state index contributed by atoms with van der Waals surface area (Å²) in [5.74, 6) is 1.38. The molecular formula is C14H15N3O2S2. The largest absolute Gasteiger partial charge is 0.493 e. The fourth-order valence-corrected chi connectivity index (χ4v) is 3.20. The molecule has 0 atom stereocenters. The minimum absolute atomic E-state index is 0.688. The highest BCUT2D eigenvalue weighted by atomic mass is 32.1. The topological polar surface area (TPSA) is 52.1 Å². The average molecular weight is 321 g/mol. The summed E-state index contributed by atoms with van der Waals surface area (Å²) in [6, 6.07) is 3.85. The van der Waals surface area contributed by atoms with Crippen molar-refractivity contribution in [2.24, 2.45) is 0 Å². The summed E-state index contributed by atoms with van der Waals surface area (Å²) in [5.41, 5.74) is 1.95. The van der Waals surface area contributed by atoms with Crippen LogP contribution in [0.2, 0.25) is 0 Å². The molecule has 0 aliphatic heterocycles. The molecule has 0 unspecified atom stereocenters. The Kier molecular flexibility index (Phi) is 3.94. The molecule has 2 aromatic heterocycles. The number of aromatic nitrogens is 3. The van der Waals surface area contributed by atoms with Gasteiger partial charge in [-0.1, -0.05) is 0 Å². The number of fused-ring (bicyclic) bond motifs is 1. The van der Waals surface area contributed by atoms with Crippen molar-refractivity contribution in [3.63, 3.8) is 0 Å². The zero-order chi connectivity index (χ0) is 14.8. The third-order valence-corrected chi connectivity index (χ3v) is 4.47. The second-order valence-corrected chi connectivity index (χ2v) is 5.85. The van der Waals surface area contributed by atoms with Gasteiger partial charge in [-0.25, -0.2) is 4.98 Å². The number of hydrogen-bond donors (Lipinski definition) is 1. The predicted octanol–water partition coefficient (Wildman–Crippen LogP) is 3.42. The predicted molar refractivity (Wildman–Crippen MR) is 86.0 cm³/mol. The average Bonchev–Trinajstić information content (AvgIpc) is 3.10. The van der Waals surface area contributed by atoms with Crippen LogP contribution in [0.3, 0.4) is 0 Å². The number of H-pyrrole nitrogens is 1. The monoisotopic (exact) mass is 321 g/mol. The molecule has 7 heteroatoms. The molecule has 0 saturated heterocycles. The van der Waals surface area contributed by atoms with E-state index < -0.39 is 0 Å². The third-order valence-electron chi connectivity index (χ3n) is 3.31. The summed E-state index contributed by atoms with van der Waals surface area (Å²) in [6.07, 6.45) is 2.68. The first kappa shape index (κ1) is 14.1. The first-order valence-electron chi connectivity index (χ1n) is 6.46. The molecule has 1 N–H and O–H groups in total. The smallest absolute Gasteiger partial charge is 0.178 e. The maximum absolute atomic E-state index is 5.42. The Labute approximate surface area is 131 Å². The van der Waals surface area contributed by atoms with Crippen LogP contribution in [-0.2, 0) is 13.0 Å². The molecule has 0 aliphatic carbocycles. The molecule has 110 valence electrons. The van der Waals surface area contributed by atoms with Crippen molar-refractivity contribution < 1.29 is 9.47 Å². The highest BCUT2D eigenvalue weighted by Gasteiger charge is 2.11. The van der Waals surface area contributed by atoms with E-state index in [4.69, 9.17) is 21.7 Å². The lowest BCUT2D eigenvalue weighted by molar-refractivity contribution is 0.355. The van der Waals surface area contributed by atoms with Gasteiger partial charge in [0.25, 0.3) is 0 Å². The lowest BCUT2D eigenvalue weighted by atomic mass is 10.2. The van der Waals surface area contributed by atoms with Crippen molar-refractivity contribution in [1.82, 2.24) is 14.5 Å². The number of benzene rings is 1. The molecule has 0 amide bonds. The molecule has 1 aromatic carbocycles. The van der Waals surface area contributed by atoms with Crippen molar-refractivity contribution in [2.75, 3.05) is 14.2 Å². The fourth-order valence-electron chi connectivity index (χ4n) is 2.29. The molecule has 0 fully saturated rings. The van der Waals surface area contributed by atoms with Gasteiger partial charge in [0.1, 0.15) is 0 Å². The van der Waals surface area contributed by atoms with Crippen molar-refractivity contribution in [3.05, 3.63) is 33.5 Å². The van der Waals surface area contributed by atoms with Gasteiger partial charge in [0, 0.05) is 36.7 Å². The van der Waals surface area contributed by atoms with Gasteiger partial charge in [-0.2, -0.15) is 0 Å². The Morgan fingerprint density at radius 1 is 1.29 bits per heavy atom. The van der Waals surface area contributed by atoms with Gasteiger partial charge in [0.05, 0.1) is 30.3 Å². The Balaban J connectivity index is 2.01. The fraction of sp³-hybridized carbons (Fsp3) is 0.286. The Morgan fingerprint density at radius 2 is 2.05 bits per heavy atom. The van der Waals surface area contributed by atoms with E-state index in [9.17, 15) is 0 Å². The summed E-state index contributed by atoms with van der Waals surface area (Å²) in [7, 11) is 3.25. The van der Waals surface area contributed by atoms with Crippen molar-refractivity contribution in [3.8, 4) is 11.5 Å². The number of hydrogen-bond acceptors (Lipinski definition) is 5. The highest BCUT2D eigenvalue weighted by molar-refractivity contribution is 7.71. The van der Waals surface area contributed by atoms with Crippen LogP contribution in [0.4, 0.5) is 0 Å². The van der Waals surface area contributed by atoms with Gasteiger partial charge in [0.2, 0.25) is 0 Å². The van der Waals surface area contributed by atoms with Crippen LogP contribution < -0.4 is 9.47 Å². The Hall–Kier alpha value is -1.86. The van der Waals surface area contributed by atoms with Gasteiger partial charge in [-0.15, -0.1) is 11.3 Å². The standard InChI is InChI=1S/C14H15N3O2S2/c1-18-11-7-9-10(8-12(11)19-2)17(14(20)16-9)5-3-13-15-4-6-21-13/h4,6-8H,3,5H2,1-2H3,(H,16,20). The Morgan fingerprint density at radius 3 is 2.71 bits per heavy atom. The second-order valence-electron chi connectivity index (χ2n) is 4.48. The second kappa shape index (κ2) is 5.87. The summed E-state index contributed by atoms with van der Waals surface area (Å²) in [6.45, 7) is 0.780. The molecule has 5 nitrogen and oxygen atoms in total. The summed E-state index contributed by atoms with van der Waals surface area (Å²) in [5, 5.41) is 3.09. The van der Waals surface area contributed by atoms with E-state index in [0.717, 1.165) is 29.0 Å². The molecule has 0 saturated carbocycles. The van der Waals surface area contributed by atoms with E-state index in [2.05, 4.69) is 14.5 Å². The lowest BCUT2D eigenvalue weighted by Gasteiger charge is -2.08. The van der Waals surface area contributed by atoms with E-state index in [1.807, 2.05) is 23.7 Å². The molecular weight excluding hydrogens is 306 g/mol. The van der Waals surface area contributed by atoms with Gasteiger partial charge < -0.3 is 19.0 Å². The molecule has 2 heterocycles. The van der Waals surface area contributed by atoms with Crippen LogP contribution in [0.5, 0.6) is 11.5 Å². The summed E-state index contributed by atoms with van der Waals surface area (Å²) in [4.78, 5) is 7.51. The third kappa shape index (κ3) is 2.66. The number of rotatable bonds is 5. The number of nitrogens with one attached hydrogen (secondary N) is 1. The molecule has 0 bridgehead atoms. The van der Waals surface area contributed by atoms with E-state index in [0.29, 0.717) is 16.3 Å². The molecule has 3 aromatic rings. The summed E-state index contributed by atoms with van der Waals surface area (Å²) >= 11 is 7.07. The number of thiazole rings is 1. The van der Waals surface area contributed by atoms with E-state index in [1.165, 1.54) is 0 Å². The van der Waals surface area contributed by atoms with Crippen molar-refractivity contribution in [1.29, 1.82) is 0 Å². The van der Waals surface area contributed by atoms with Gasteiger partial charge >= 0.3 is 0 Å². The van der Waals surface area contributed by atoms with Crippen LogP contribution in [0, 0.1) is 4.77 Å². The number of nitrogens with zero attached hydrogens (tertiary/aromatic N) is 2. The van der Waals surface area contributed by atoms with E-state index in [1.54, 1.807) is 25.6 Å². The number of aromatic amines is 1. The molecule has 0 radical (unpaired) electrons. The lowest BCUT2D eigenvalue weighted by Crippen LogP contribution is -2.01. The zero-order valence-electron chi connectivity index (χ0n) is 11.8. The maximum atomic E-state index is 5.42. The Bertz CT molecular complexity index is 806. The van der Waals surface area contributed by atoms with Crippen LogP contribution in [0.25, 0.3) is 11.0 Å². The van der Waals surface area contributed by atoms with Crippen LogP contribution in [0.1, 0.15) is 5.01 Å². The summed E-state index contributed by atoms with van der Waals surface area (Å²) < 4.78 is 13.4. The first-order chi connectivity index (χ1) is 10.2. The number of methoxy groups -OCH3 is 2. The van der Waals surface area contributed by atoms with Crippen LogP contribution in [0.15, 0.2) is 23.7 Å². The van der Waals surface area contributed by atoms with Gasteiger partial charge in [-0.3, -0.25) is 0 Å². The normalized spacial score (nSPS) is 11.0. The highest BCUT2D eigenvalue weighted by Crippen LogP contribution is 2.32. The number of ether oxygens (including phenoxy) is 2. The van der Waals surface area contributed by atoms with E-state index >= 15 is 0 Å². The van der Waals surface area contributed by atoms with E-state index in [-0.39, 0.29) is 0 Å². The number of aryl methyl sites for hydroxylation is 2. The van der Waals surface area contributed by atoms with Crippen LogP contribution in [-0.4, -0.2) is 28.8 Å². The molecule has 0 aliphatic rings. The molecule has 0 spiro atoms. The number of imidazole rings is 1. The first-order valence-corrected chi connectivity index (χ1v) is 7.74. The minimum Gasteiger partial charge on any atom is -0.493 e. The minimum atomic E-state index is 0.688. The maximum Gasteiger partial charge on any atom is 0.178 e. The van der Waals surface area contributed by atoms with Crippen molar-refractivity contribution >= 4 is 34.6 Å². The van der Waals surface area contributed by atoms with Gasteiger partial charge in [0.15, 0.2) is 16.3 Å². The molecule has 3 rings (SSSR count).